The largest absolute Gasteiger partial charge is 0.394 e. The molecule has 2 N–H and O–H groups in total. The molecule has 1 saturated heterocycles. The zero-order chi connectivity index (χ0) is 16.1. The fourth-order valence-corrected chi connectivity index (χ4v) is 2.71. The Balaban J connectivity index is 1.90. The molecule has 1 fully saturated rings. The van der Waals surface area contributed by atoms with Gasteiger partial charge in [0.15, 0.2) is 0 Å². The number of nitrogens with zero attached hydrogens (tertiary/aromatic N) is 1. The van der Waals surface area contributed by atoms with Gasteiger partial charge in [-0.2, -0.15) is 0 Å². The van der Waals surface area contributed by atoms with Gasteiger partial charge < -0.3 is 10.0 Å². The Hall–Kier alpha value is -1.17. The highest BCUT2D eigenvalue weighted by molar-refractivity contribution is 6.30. The van der Waals surface area contributed by atoms with Gasteiger partial charge in [-0.25, -0.2) is 4.39 Å². The number of halogens is 2. The fraction of sp³-hybridized carbons (Fsp3) is 0.562. The first-order valence-corrected chi connectivity index (χ1v) is 7.96. The molecule has 1 aromatic rings. The van der Waals surface area contributed by atoms with Crippen molar-refractivity contribution in [1.82, 2.24) is 10.2 Å². The molecular formula is C16H22ClFN2O2. The number of nitrogens with one attached hydrogen (secondary N) is 1. The average molecular weight is 329 g/mol. The average Bonchev–Trinajstić information content (AvgIpc) is 2.51. The molecule has 1 aromatic carbocycles. The van der Waals surface area contributed by atoms with Crippen LogP contribution in [0.5, 0.6) is 0 Å². The number of likely N-dealkylation sites (tertiary alicyclic amines) is 1. The summed E-state index contributed by atoms with van der Waals surface area (Å²) in [6.45, 7) is 3.66. The first kappa shape index (κ1) is 17.2. The van der Waals surface area contributed by atoms with E-state index in [0.29, 0.717) is 11.5 Å². The molecule has 6 heteroatoms. The van der Waals surface area contributed by atoms with Crippen LogP contribution >= 0.6 is 11.6 Å². The number of rotatable bonds is 5. The van der Waals surface area contributed by atoms with Gasteiger partial charge in [-0.05, 0) is 36.5 Å². The molecule has 1 aliphatic rings. The molecule has 1 atom stereocenters. The van der Waals surface area contributed by atoms with Crippen molar-refractivity contribution in [2.45, 2.75) is 25.8 Å². The highest BCUT2D eigenvalue weighted by Gasteiger charge is 2.21. The van der Waals surface area contributed by atoms with E-state index in [2.05, 4.69) is 12.2 Å². The van der Waals surface area contributed by atoms with Gasteiger partial charge in [0.1, 0.15) is 5.82 Å². The molecular weight excluding hydrogens is 307 g/mol. The summed E-state index contributed by atoms with van der Waals surface area (Å²) in [5, 5.41) is 12.5. The molecule has 0 bridgehead atoms. The predicted octanol–water partition coefficient (Wildman–Crippen LogP) is 2.36. The number of carbonyl (C=O) groups is 1. The first-order valence-electron chi connectivity index (χ1n) is 7.58. The van der Waals surface area contributed by atoms with Gasteiger partial charge in [0.25, 0.3) is 0 Å². The van der Waals surface area contributed by atoms with E-state index in [0.717, 1.165) is 25.9 Å². The quantitative estimate of drug-likeness (QED) is 0.872. The summed E-state index contributed by atoms with van der Waals surface area (Å²) in [6.07, 6.45) is 2.05. The maximum atomic E-state index is 13.5. The highest BCUT2D eigenvalue weighted by Crippen LogP contribution is 2.20. The molecule has 2 rings (SSSR count). The van der Waals surface area contributed by atoms with E-state index >= 15 is 0 Å². The van der Waals surface area contributed by atoms with Crippen LogP contribution in [0.15, 0.2) is 18.2 Å². The van der Waals surface area contributed by atoms with Crippen LogP contribution in [-0.4, -0.2) is 42.2 Å². The molecule has 1 heterocycles. The van der Waals surface area contributed by atoms with Crippen LogP contribution < -0.4 is 5.32 Å². The first-order chi connectivity index (χ1) is 10.5. The van der Waals surface area contributed by atoms with Crippen molar-refractivity contribution in [3.63, 3.8) is 0 Å². The van der Waals surface area contributed by atoms with Gasteiger partial charge in [-0.1, -0.05) is 24.6 Å². The third-order valence-corrected chi connectivity index (χ3v) is 4.47. The Morgan fingerprint density at radius 3 is 2.77 bits per heavy atom. The summed E-state index contributed by atoms with van der Waals surface area (Å²) in [5.74, 6) is 0.148. The number of hydrogen-bond acceptors (Lipinski definition) is 3. The Morgan fingerprint density at radius 2 is 2.18 bits per heavy atom. The second-order valence-electron chi connectivity index (χ2n) is 5.85. The molecule has 1 unspecified atom stereocenters. The molecule has 0 radical (unpaired) electrons. The van der Waals surface area contributed by atoms with Crippen molar-refractivity contribution in [1.29, 1.82) is 0 Å². The lowest BCUT2D eigenvalue weighted by Gasteiger charge is -2.31. The Bertz CT molecular complexity index is 519. The maximum Gasteiger partial charge on any atom is 0.236 e. The zero-order valence-electron chi connectivity index (χ0n) is 12.7. The van der Waals surface area contributed by atoms with Crippen LogP contribution in [0.2, 0.25) is 5.02 Å². The summed E-state index contributed by atoms with van der Waals surface area (Å²) in [4.78, 5) is 14.0. The van der Waals surface area contributed by atoms with Crippen LogP contribution in [0.25, 0.3) is 0 Å². The van der Waals surface area contributed by atoms with Crippen molar-refractivity contribution in [2.24, 2.45) is 5.92 Å². The van der Waals surface area contributed by atoms with Gasteiger partial charge in [0.05, 0.1) is 24.2 Å². The Kier molecular flexibility index (Phi) is 6.17. The number of carbonyl (C=O) groups excluding carboxylic acids is 1. The van der Waals surface area contributed by atoms with E-state index in [9.17, 15) is 14.3 Å². The smallest absolute Gasteiger partial charge is 0.236 e. The Morgan fingerprint density at radius 1 is 1.50 bits per heavy atom. The third kappa shape index (κ3) is 4.41. The van der Waals surface area contributed by atoms with Gasteiger partial charge in [0.2, 0.25) is 5.91 Å². The molecule has 1 amide bonds. The van der Waals surface area contributed by atoms with E-state index in [-0.39, 0.29) is 24.1 Å². The number of piperidine rings is 1. The van der Waals surface area contributed by atoms with Crippen LogP contribution in [0.3, 0.4) is 0 Å². The second-order valence-corrected chi connectivity index (χ2v) is 6.26. The lowest BCUT2D eigenvalue weighted by Crippen LogP contribution is -2.43. The van der Waals surface area contributed by atoms with E-state index < -0.39 is 11.9 Å². The number of benzene rings is 1. The van der Waals surface area contributed by atoms with Gasteiger partial charge in [0, 0.05) is 13.1 Å². The highest BCUT2D eigenvalue weighted by atomic mass is 35.5. The van der Waals surface area contributed by atoms with Crippen LogP contribution in [-0.2, 0) is 4.79 Å². The molecule has 4 nitrogen and oxygen atoms in total. The van der Waals surface area contributed by atoms with Crippen molar-refractivity contribution >= 4 is 17.5 Å². The third-order valence-electron chi connectivity index (χ3n) is 4.16. The normalized spacial score (nSPS) is 17.5. The lowest BCUT2D eigenvalue weighted by molar-refractivity contribution is -0.131. The summed E-state index contributed by atoms with van der Waals surface area (Å²) >= 11 is 5.65. The predicted molar refractivity (Wildman–Crippen MR) is 84.2 cm³/mol. The molecule has 0 aliphatic carbocycles. The van der Waals surface area contributed by atoms with E-state index in [1.807, 2.05) is 4.90 Å². The number of hydrogen-bond donors (Lipinski definition) is 2. The summed E-state index contributed by atoms with van der Waals surface area (Å²) in [7, 11) is 0. The molecule has 0 aromatic heterocycles. The zero-order valence-corrected chi connectivity index (χ0v) is 13.4. The SMILES string of the molecule is CC1CCN(C(=O)CNC(CO)c2ccc(Cl)c(F)c2)CC1. The molecule has 0 saturated carbocycles. The monoisotopic (exact) mass is 328 g/mol. The standard InChI is InChI=1S/C16H22ClFN2O2/c1-11-4-6-20(7-5-11)16(22)9-19-15(10-21)12-2-3-13(17)14(18)8-12/h2-3,8,11,15,19,21H,4-7,9-10H2,1H3. The molecule has 0 spiro atoms. The lowest BCUT2D eigenvalue weighted by atomic mass is 9.99. The van der Waals surface area contributed by atoms with E-state index in [4.69, 9.17) is 11.6 Å². The van der Waals surface area contributed by atoms with E-state index in [1.54, 1.807) is 6.07 Å². The van der Waals surface area contributed by atoms with Crippen molar-refractivity contribution in [2.75, 3.05) is 26.2 Å². The molecule has 1 aliphatic heterocycles. The number of aliphatic hydroxyl groups excluding tert-OH is 1. The molecule has 22 heavy (non-hydrogen) atoms. The van der Waals surface area contributed by atoms with Crippen molar-refractivity contribution < 1.29 is 14.3 Å². The topological polar surface area (TPSA) is 52.6 Å². The summed E-state index contributed by atoms with van der Waals surface area (Å²) in [5.41, 5.74) is 0.574. The maximum absolute atomic E-state index is 13.5. The van der Waals surface area contributed by atoms with Gasteiger partial charge in [-0.3, -0.25) is 10.1 Å². The van der Waals surface area contributed by atoms with Gasteiger partial charge in [-0.15, -0.1) is 0 Å². The minimum Gasteiger partial charge on any atom is -0.394 e. The number of aliphatic hydroxyl groups is 1. The second kappa shape index (κ2) is 7.90. The van der Waals surface area contributed by atoms with Crippen molar-refractivity contribution in [3.8, 4) is 0 Å². The molecule has 122 valence electrons. The minimum absolute atomic E-state index is 0.0137. The van der Waals surface area contributed by atoms with Crippen LogP contribution in [0.1, 0.15) is 31.4 Å². The van der Waals surface area contributed by atoms with Crippen molar-refractivity contribution in [3.05, 3.63) is 34.6 Å². The minimum atomic E-state index is -0.532. The van der Waals surface area contributed by atoms with E-state index in [1.165, 1.54) is 12.1 Å². The van der Waals surface area contributed by atoms with Crippen LogP contribution in [0, 0.1) is 11.7 Å². The summed E-state index contributed by atoms with van der Waals surface area (Å²) in [6, 6.07) is 3.89. The van der Waals surface area contributed by atoms with Crippen LogP contribution in [0.4, 0.5) is 4.39 Å². The van der Waals surface area contributed by atoms with Gasteiger partial charge >= 0.3 is 0 Å². The Labute approximate surface area is 135 Å². The summed E-state index contributed by atoms with van der Waals surface area (Å²) < 4.78 is 13.5. The number of amides is 1. The fourth-order valence-electron chi connectivity index (χ4n) is 2.60.